The Hall–Kier alpha value is -0.940. The summed E-state index contributed by atoms with van der Waals surface area (Å²) < 4.78 is 23.0. The Labute approximate surface area is 186 Å². The smallest absolute Gasteiger partial charge is 0.215 e. The highest BCUT2D eigenvalue weighted by Gasteiger charge is 2.50. The van der Waals surface area contributed by atoms with E-state index >= 15 is 0 Å². The van der Waals surface area contributed by atoms with Gasteiger partial charge in [-0.25, -0.2) is 0 Å². The summed E-state index contributed by atoms with van der Waals surface area (Å²) in [4.78, 5) is 0. The van der Waals surface area contributed by atoms with Crippen LogP contribution in [-0.2, 0) is 18.9 Å². The van der Waals surface area contributed by atoms with E-state index in [4.69, 9.17) is 41.9 Å². The predicted octanol–water partition coefficient (Wildman–Crippen LogP) is -4.88. The van der Waals surface area contributed by atoms with Crippen molar-refractivity contribution in [3.63, 3.8) is 0 Å². The Morgan fingerprint density at radius 3 is 2.19 bits per heavy atom. The van der Waals surface area contributed by atoms with Gasteiger partial charge >= 0.3 is 0 Å². The first-order chi connectivity index (χ1) is 15.2. The third-order valence-electron chi connectivity index (χ3n) is 6.30. The van der Waals surface area contributed by atoms with E-state index in [0.717, 1.165) is 0 Å². The second-order valence-corrected chi connectivity index (χ2v) is 8.54. The van der Waals surface area contributed by atoms with Crippen molar-refractivity contribution >= 4 is 0 Å². The Kier molecular flexibility index (Phi) is 8.82. The highest BCUT2D eigenvalue weighted by atomic mass is 16.7. The molecule has 32 heavy (non-hydrogen) atoms. The van der Waals surface area contributed by atoms with E-state index in [2.05, 4.69) is 5.32 Å². The zero-order valence-corrected chi connectivity index (χ0v) is 18.1. The lowest BCUT2D eigenvalue weighted by atomic mass is 9.84. The zero-order valence-electron chi connectivity index (χ0n) is 18.1. The van der Waals surface area contributed by atoms with Crippen molar-refractivity contribution in [2.45, 2.75) is 86.2 Å². The van der Waals surface area contributed by atoms with Gasteiger partial charge in [-0.15, -0.1) is 0 Å². The molecule has 0 bridgehead atoms. The minimum absolute atomic E-state index is 0.184. The average molecular weight is 464 g/mol. The minimum Gasteiger partial charge on any atom is -0.467 e. The first-order valence-corrected chi connectivity index (χ1v) is 10.8. The molecule has 2 fully saturated rings. The minimum atomic E-state index is -1.29. The Balaban J connectivity index is 1.72. The molecule has 13 heteroatoms. The van der Waals surface area contributed by atoms with Crippen LogP contribution in [0.5, 0.6) is 0 Å². The lowest BCUT2D eigenvalue weighted by Gasteiger charge is -2.47. The molecule has 0 amide bonds. The maximum Gasteiger partial charge on any atom is 0.215 e. The number of hydrogen-bond acceptors (Lipinski definition) is 13. The lowest BCUT2D eigenvalue weighted by molar-refractivity contribution is -0.312. The van der Waals surface area contributed by atoms with Crippen LogP contribution in [0.2, 0.25) is 0 Å². The van der Waals surface area contributed by atoms with Crippen LogP contribution < -0.4 is 28.3 Å². The first-order valence-electron chi connectivity index (χ1n) is 10.8. The normalized spacial score (nSPS) is 47.6. The maximum absolute atomic E-state index is 11.0. The van der Waals surface area contributed by atoms with Gasteiger partial charge in [0, 0.05) is 12.1 Å². The third-order valence-corrected chi connectivity index (χ3v) is 6.30. The summed E-state index contributed by atoms with van der Waals surface area (Å²) >= 11 is 0. The summed E-state index contributed by atoms with van der Waals surface area (Å²) in [6, 6.07) is -2.63. The Morgan fingerprint density at radius 1 is 1.00 bits per heavy atom. The van der Waals surface area contributed by atoms with Crippen LogP contribution in [0.1, 0.15) is 12.8 Å². The first kappa shape index (κ1) is 25.7. The van der Waals surface area contributed by atoms with Gasteiger partial charge in [-0.2, -0.15) is 0 Å². The molecule has 0 aromatic rings. The summed E-state index contributed by atoms with van der Waals surface area (Å²) in [6.45, 7) is -0.306. The van der Waals surface area contributed by atoms with Crippen LogP contribution in [0.25, 0.3) is 0 Å². The SMILES string of the molecule is CNC1C(O)C(CO)OC(OC2C(N)CC(N)C(OC3OC(CN)=CCC3N)C2O)C1O. The highest BCUT2D eigenvalue weighted by molar-refractivity contribution is 5.04. The molecule has 3 rings (SSSR count). The summed E-state index contributed by atoms with van der Waals surface area (Å²) in [7, 11) is 1.55. The molecule has 1 saturated carbocycles. The number of rotatable bonds is 7. The van der Waals surface area contributed by atoms with Crippen molar-refractivity contribution in [3.05, 3.63) is 11.8 Å². The quantitative estimate of drug-likeness (QED) is 0.172. The van der Waals surface area contributed by atoms with Gasteiger partial charge in [-0.3, -0.25) is 0 Å². The topological polar surface area (TPSA) is 234 Å². The molecule has 13 nitrogen and oxygen atoms in total. The molecule has 2 aliphatic heterocycles. The van der Waals surface area contributed by atoms with Gasteiger partial charge < -0.3 is 67.6 Å². The standard InChI is InChI=1S/C19H37N5O8/c1-24-12-13(26)11(6-25)30-19(14(12)27)32-17-10(23)4-9(22)16(15(17)28)31-18-8(21)3-2-7(5-20)29-18/h2,8-19,24-28H,3-6,20-23H2,1H3. The van der Waals surface area contributed by atoms with E-state index in [1.165, 1.54) is 0 Å². The van der Waals surface area contributed by atoms with Crippen LogP contribution in [0.3, 0.4) is 0 Å². The van der Waals surface area contributed by atoms with Crippen molar-refractivity contribution in [2.24, 2.45) is 22.9 Å². The van der Waals surface area contributed by atoms with Crippen LogP contribution in [0.4, 0.5) is 0 Å². The molecular formula is C19H37N5O8. The van der Waals surface area contributed by atoms with Gasteiger partial charge in [0.25, 0.3) is 0 Å². The Bertz CT molecular complexity index is 645. The van der Waals surface area contributed by atoms with Crippen LogP contribution in [0.15, 0.2) is 11.8 Å². The number of ether oxygens (including phenoxy) is 4. The van der Waals surface area contributed by atoms with Crippen molar-refractivity contribution in [3.8, 4) is 0 Å². The van der Waals surface area contributed by atoms with Crippen LogP contribution >= 0.6 is 0 Å². The summed E-state index contributed by atoms with van der Waals surface area (Å²) in [5.41, 5.74) is 24.1. The summed E-state index contributed by atoms with van der Waals surface area (Å²) in [5.74, 6) is 0.533. The fourth-order valence-corrected chi connectivity index (χ4v) is 4.41. The van der Waals surface area contributed by atoms with E-state index in [-0.39, 0.29) is 13.0 Å². The molecule has 1 saturated heterocycles. The molecule has 0 aromatic carbocycles. The number of aliphatic hydroxyl groups excluding tert-OH is 4. The molecule has 3 aliphatic rings. The molecule has 186 valence electrons. The number of nitrogens with one attached hydrogen (secondary N) is 1. The molecule has 1 aliphatic carbocycles. The molecular weight excluding hydrogens is 426 g/mol. The molecule has 2 heterocycles. The Morgan fingerprint density at radius 2 is 1.62 bits per heavy atom. The van der Waals surface area contributed by atoms with E-state index in [1.807, 2.05) is 0 Å². The second kappa shape index (κ2) is 11.0. The predicted molar refractivity (Wildman–Crippen MR) is 112 cm³/mol. The third kappa shape index (κ3) is 5.24. The number of hydrogen-bond donors (Lipinski definition) is 9. The molecule has 0 aromatic heterocycles. The highest BCUT2D eigenvalue weighted by Crippen LogP contribution is 2.30. The van der Waals surface area contributed by atoms with E-state index in [0.29, 0.717) is 12.2 Å². The fourth-order valence-electron chi connectivity index (χ4n) is 4.41. The monoisotopic (exact) mass is 463 g/mol. The van der Waals surface area contributed by atoms with Crippen LogP contribution in [-0.4, -0.2) is 114 Å². The van der Waals surface area contributed by atoms with Gasteiger partial charge in [0.1, 0.15) is 42.4 Å². The van der Waals surface area contributed by atoms with Gasteiger partial charge in [0.15, 0.2) is 6.29 Å². The van der Waals surface area contributed by atoms with Crippen molar-refractivity contribution in [1.29, 1.82) is 0 Å². The molecule has 0 radical (unpaired) electrons. The molecule has 12 atom stereocenters. The van der Waals surface area contributed by atoms with Crippen molar-refractivity contribution in [2.75, 3.05) is 20.2 Å². The van der Waals surface area contributed by atoms with Gasteiger partial charge in [-0.1, -0.05) is 0 Å². The van der Waals surface area contributed by atoms with E-state index < -0.39 is 80.0 Å². The van der Waals surface area contributed by atoms with Crippen molar-refractivity contribution in [1.82, 2.24) is 5.32 Å². The largest absolute Gasteiger partial charge is 0.467 e. The molecule has 0 spiro atoms. The zero-order chi connectivity index (χ0) is 23.6. The lowest BCUT2D eigenvalue weighted by Crippen LogP contribution is -2.68. The molecule has 13 N–H and O–H groups in total. The van der Waals surface area contributed by atoms with Gasteiger partial charge in [0.05, 0.1) is 25.2 Å². The fraction of sp³-hybridized carbons (Fsp3) is 0.895. The molecule has 12 unspecified atom stereocenters. The maximum atomic E-state index is 11.0. The average Bonchev–Trinajstić information content (AvgIpc) is 2.77. The second-order valence-electron chi connectivity index (χ2n) is 8.54. The summed E-state index contributed by atoms with van der Waals surface area (Å²) in [6.07, 6.45) is -6.29. The number of likely N-dealkylation sites (N-methyl/N-ethyl adjacent to an activating group) is 1. The number of nitrogens with two attached hydrogens (primary N) is 4. The summed E-state index contributed by atoms with van der Waals surface area (Å²) in [5, 5.41) is 44.2. The van der Waals surface area contributed by atoms with E-state index in [9.17, 15) is 20.4 Å². The van der Waals surface area contributed by atoms with Gasteiger partial charge in [-0.05, 0) is 26.0 Å². The van der Waals surface area contributed by atoms with Crippen LogP contribution in [0, 0.1) is 0 Å². The number of aliphatic hydroxyl groups is 4. The van der Waals surface area contributed by atoms with E-state index in [1.54, 1.807) is 13.1 Å². The van der Waals surface area contributed by atoms with Crippen molar-refractivity contribution < 1.29 is 39.4 Å². The van der Waals surface area contributed by atoms with Gasteiger partial charge in [0.2, 0.25) is 6.29 Å².